The van der Waals surface area contributed by atoms with Crippen LogP contribution in [0.1, 0.15) is 16.8 Å². The van der Waals surface area contributed by atoms with Crippen LogP contribution in [0.25, 0.3) is 16.2 Å². The van der Waals surface area contributed by atoms with E-state index < -0.39 is 0 Å². The first-order valence-electron chi connectivity index (χ1n) is 8.73. The molecule has 0 spiro atoms. The van der Waals surface area contributed by atoms with Gasteiger partial charge in [-0.1, -0.05) is 12.1 Å². The van der Waals surface area contributed by atoms with Crippen molar-refractivity contribution in [2.75, 3.05) is 0 Å². The number of fused-ring (bicyclic) bond motifs is 1. The fourth-order valence-electron chi connectivity index (χ4n) is 2.96. The van der Waals surface area contributed by atoms with Gasteiger partial charge in [-0.05, 0) is 48.4 Å². The van der Waals surface area contributed by atoms with Gasteiger partial charge in [0.2, 0.25) is 5.91 Å². The van der Waals surface area contributed by atoms with E-state index in [0.29, 0.717) is 12.1 Å². The lowest BCUT2D eigenvalue weighted by Crippen LogP contribution is -2.25. The molecule has 0 radical (unpaired) electrons. The number of hydrogen-bond donors (Lipinski definition) is 1. The van der Waals surface area contributed by atoms with Gasteiger partial charge in [-0.3, -0.25) is 9.20 Å². The summed E-state index contributed by atoms with van der Waals surface area (Å²) >= 11 is 1.45. The number of hydrogen-bond acceptors (Lipinski definition) is 3. The quantitative estimate of drug-likeness (QED) is 0.539. The highest BCUT2D eigenvalue weighted by Gasteiger charge is 2.13. The number of benzene rings is 2. The third-order valence-electron chi connectivity index (χ3n) is 4.48. The number of nitrogens with one attached hydrogen (secondary N) is 1. The standard InChI is InChI=1S/C21H17F2N3OS/c1-13-8-14(2-7-18(13)23)10-24-20(27)9-17-12-28-21-25-19(11-26(17)21)15-3-5-16(22)6-4-15/h2-8,11-12H,9-10H2,1H3,(H,24,27). The Balaban J connectivity index is 1.46. The van der Waals surface area contributed by atoms with E-state index in [0.717, 1.165) is 27.5 Å². The molecule has 0 aliphatic heterocycles. The first-order valence-corrected chi connectivity index (χ1v) is 9.61. The van der Waals surface area contributed by atoms with Crippen LogP contribution >= 0.6 is 11.3 Å². The third kappa shape index (κ3) is 3.80. The average molecular weight is 397 g/mol. The van der Waals surface area contributed by atoms with Crippen molar-refractivity contribution < 1.29 is 13.6 Å². The van der Waals surface area contributed by atoms with Gasteiger partial charge in [0.25, 0.3) is 0 Å². The van der Waals surface area contributed by atoms with Crippen molar-refractivity contribution in [1.82, 2.24) is 14.7 Å². The molecule has 0 unspecified atom stereocenters. The summed E-state index contributed by atoms with van der Waals surface area (Å²) in [6, 6.07) is 10.9. The number of amides is 1. The van der Waals surface area contributed by atoms with E-state index in [1.165, 1.54) is 29.5 Å². The Morgan fingerprint density at radius 2 is 1.96 bits per heavy atom. The monoisotopic (exact) mass is 397 g/mol. The smallest absolute Gasteiger partial charge is 0.226 e. The fraction of sp³-hybridized carbons (Fsp3) is 0.143. The summed E-state index contributed by atoms with van der Waals surface area (Å²) < 4.78 is 28.3. The van der Waals surface area contributed by atoms with E-state index in [2.05, 4.69) is 10.3 Å². The maximum absolute atomic E-state index is 13.3. The minimum Gasteiger partial charge on any atom is -0.352 e. The molecule has 0 saturated carbocycles. The Kier molecular flexibility index (Phi) is 4.92. The summed E-state index contributed by atoms with van der Waals surface area (Å²) in [5.41, 5.74) is 3.78. The molecule has 0 aliphatic carbocycles. The van der Waals surface area contributed by atoms with E-state index in [1.54, 1.807) is 31.2 Å². The second kappa shape index (κ2) is 7.52. The molecule has 0 bridgehead atoms. The van der Waals surface area contributed by atoms with Gasteiger partial charge in [-0.15, -0.1) is 11.3 Å². The Morgan fingerprint density at radius 3 is 2.71 bits per heavy atom. The van der Waals surface area contributed by atoms with Crippen LogP contribution in [0.3, 0.4) is 0 Å². The maximum Gasteiger partial charge on any atom is 0.226 e. The molecule has 0 atom stereocenters. The topological polar surface area (TPSA) is 46.4 Å². The van der Waals surface area contributed by atoms with Crippen LogP contribution in [-0.4, -0.2) is 15.3 Å². The van der Waals surface area contributed by atoms with Gasteiger partial charge < -0.3 is 5.32 Å². The van der Waals surface area contributed by atoms with Crippen LogP contribution in [0.5, 0.6) is 0 Å². The molecule has 7 heteroatoms. The lowest BCUT2D eigenvalue weighted by atomic mass is 10.1. The second-order valence-electron chi connectivity index (χ2n) is 6.55. The average Bonchev–Trinajstić information content (AvgIpc) is 3.25. The van der Waals surface area contributed by atoms with Crippen LogP contribution in [0, 0.1) is 18.6 Å². The van der Waals surface area contributed by atoms with E-state index in [-0.39, 0.29) is 24.0 Å². The predicted octanol–water partition coefficient (Wildman–Crippen LogP) is 4.51. The Bertz CT molecular complexity index is 1150. The maximum atomic E-state index is 13.3. The number of imidazole rings is 1. The van der Waals surface area contributed by atoms with Crippen LogP contribution in [0.15, 0.2) is 54.0 Å². The van der Waals surface area contributed by atoms with Crippen molar-refractivity contribution >= 4 is 22.2 Å². The molecule has 2 aromatic heterocycles. The zero-order valence-corrected chi connectivity index (χ0v) is 15.9. The Hall–Kier alpha value is -3.06. The van der Waals surface area contributed by atoms with Gasteiger partial charge in [0.15, 0.2) is 4.96 Å². The lowest BCUT2D eigenvalue weighted by Gasteiger charge is -2.06. The Morgan fingerprint density at radius 1 is 1.18 bits per heavy atom. The van der Waals surface area contributed by atoms with Crippen molar-refractivity contribution in [3.05, 3.63) is 82.5 Å². The van der Waals surface area contributed by atoms with Gasteiger partial charge in [-0.25, -0.2) is 13.8 Å². The summed E-state index contributed by atoms with van der Waals surface area (Å²) in [4.78, 5) is 17.7. The minimum atomic E-state index is -0.293. The van der Waals surface area contributed by atoms with Crippen LogP contribution in [0.2, 0.25) is 0 Å². The molecule has 0 aliphatic rings. The zero-order chi connectivity index (χ0) is 19.7. The normalized spacial score (nSPS) is 11.1. The molecule has 0 saturated heterocycles. The number of thiazole rings is 1. The molecular weight excluding hydrogens is 380 g/mol. The molecule has 2 heterocycles. The van der Waals surface area contributed by atoms with E-state index >= 15 is 0 Å². The second-order valence-corrected chi connectivity index (χ2v) is 7.39. The van der Waals surface area contributed by atoms with Crippen molar-refractivity contribution in [3.63, 3.8) is 0 Å². The largest absolute Gasteiger partial charge is 0.352 e. The van der Waals surface area contributed by atoms with Crippen molar-refractivity contribution in [1.29, 1.82) is 0 Å². The Labute approximate surface area is 164 Å². The molecule has 4 nitrogen and oxygen atoms in total. The van der Waals surface area contributed by atoms with Crippen LogP contribution in [0.4, 0.5) is 8.78 Å². The highest BCUT2D eigenvalue weighted by atomic mass is 32.1. The number of aromatic nitrogens is 2. The molecule has 1 N–H and O–H groups in total. The third-order valence-corrected chi connectivity index (χ3v) is 5.37. The molecule has 4 aromatic rings. The zero-order valence-electron chi connectivity index (χ0n) is 15.1. The number of aryl methyl sites for hydroxylation is 1. The number of halogens is 2. The molecule has 0 fully saturated rings. The highest BCUT2D eigenvalue weighted by molar-refractivity contribution is 7.15. The van der Waals surface area contributed by atoms with Gasteiger partial charge in [0, 0.05) is 29.4 Å². The van der Waals surface area contributed by atoms with Crippen LogP contribution in [-0.2, 0) is 17.8 Å². The molecular formula is C21H17F2N3OS. The first-order chi connectivity index (χ1) is 13.5. The first kappa shape index (κ1) is 18.3. The summed E-state index contributed by atoms with van der Waals surface area (Å²) in [7, 11) is 0. The van der Waals surface area contributed by atoms with Gasteiger partial charge in [0.05, 0.1) is 12.1 Å². The molecule has 2 aromatic carbocycles. The number of carbonyl (C=O) groups excluding carboxylic acids is 1. The lowest BCUT2D eigenvalue weighted by molar-refractivity contribution is -0.120. The van der Waals surface area contributed by atoms with Crippen molar-refractivity contribution in [3.8, 4) is 11.3 Å². The van der Waals surface area contributed by atoms with Gasteiger partial charge >= 0.3 is 0 Å². The van der Waals surface area contributed by atoms with Crippen molar-refractivity contribution in [2.45, 2.75) is 19.9 Å². The van der Waals surface area contributed by atoms with Crippen molar-refractivity contribution in [2.24, 2.45) is 0 Å². The summed E-state index contributed by atoms with van der Waals surface area (Å²) in [5.74, 6) is -0.676. The van der Waals surface area contributed by atoms with E-state index in [9.17, 15) is 13.6 Å². The van der Waals surface area contributed by atoms with Gasteiger partial charge in [0.1, 0.15) is 11.6 Å². The van der Waals surface area contributed by atoms with E-state index in [1.807, 2.05) is 16.0 Å². The predicted molar refractivity (Wildman–Crippen MR) is 105 cm³/mol. The number of carbonyl (C=O) groups is 1. The SMILES string of the molecule is Cc1cc(CNC(=O)Cc2csc3nc(-c4ccc(F)cc4)cn23)ccc1F. The fourth-order valence-corrected chi connectivity index (χ4v) is 3.83. The molecule has 28 heavy (non-hydrogen) atoms. The number of nitrogens with zero attached hydrogens (tertiary/aromatic N) is 2. The van der Waals surface area contributed by atoms with Crippen LogP contribution < -0.4 is 5.32 Å². The minimum absolute atomic E-state index is 0.126. The summed E-state index contributed by atoms with van der Waals surface area (Å²) in [6.07, 6.45) is 2.06. The molecule has 142 valence electrons. The molecule has 4 rings (SSSR count). The van der Waals surface area contributed by atoms with E-state index in [4.69, 9.17) is 0 Å². The number of rotatable bonds is 5. The molecule has 1 amide bonds. The van der Waals surface area contributed by atoms with Gasteiger partial charge in [-0.2, -0.15) is 0 Å². The summed E-state index contributed by atoms with van der Waals surface area (Å²) in [6.45, 7) is 2.04. The highest BCUT2D eigenvalue weighted by Crippen LogP contribution is 2.24. The summed E-state index contributed by atoms with van der Waals surface area (Å²) in [5, 5.41) is 4.76.